The number of urea groups is 1. The first-order valence-electron chi connectivity index (χ1n) is 8.44. The van der Waals surface area contributed by atoms with Crippen LogP contribution in [0.5, 0.6) is 0 Å². The zero-order chi connectivity index (χ0) is 21.3. The molecule has 3 rings (SSSR count). The van der Waals surface area contributed by atoms with E-state index < -0.39 is 34.5 Å². The van der Waals surface area contributed by atoms with E-state index >= 15 is 0 Å². The standard InChI is InChI=1S/C19H16F2N4O4/c1-10-16(18(26)22-12-6-7-14(20)15(21)9-12)17(23-19(27)24(10)2)11-4-3-5-13(8-11)25(28)29/h3-9,17H,1-2H3,(H,22,26)(H,23,27)/t17-/m1/s1. The quantitative estimate of drug-likeness (QED) is 0.603. The lowest BCUT2D eigenvalue weighted by molar-refractivity contribution is -0.384. The van der Waals surface area contributed by atoms with E-state index in [4.69, 9.17) is 0 Å². The van der Waals surface area contributed by atoms with Crippen molar-refractivity contribution in [2.75, 3.05) is 12.4 Å². The van der Waals surface area contributed by atoms with Crippen molar-refractivity contribution in [2.45, 2.75) is 13.0 Å². The number of non-ortho nitro benzene ring substituents is 1. The fourth-order valence-electron chi connectivity index (χ4n) is 2.97. The van der Waals surface area contributed by atoms with Gasteiger partial charge in [0, 0.05) is 36.6 Å². The van der Waals surface area contributed by atoms with Crippen molar-refractivity contribution in [2.24, 2.45) is 0 Å². The topological polar surface area (TPSA) is 105 Å². The highest BCUT2D eigenvalue weighted by Crippen LogP contribution is 2.32. The summed E-state index contributed by atoms with van der Waals surface area (Å²) < 4.78 is 26.6. The molecule has 1 aliphatic rings. The van der Waals surface area contributed by atoms with Crippen LogP contribution in [0.25, 0.3) is 0 Å². The molecule has 0 saturated heterocycles. The first kappa shape index (κ1) is 19.9. The third-order valence-electron chi connectivity index (χ3n) is 4.59. The number of carbonyl (C=O) groups is 2. The Morgan fingerprint density at radius 3 is 2.59 bits per heavy atom. The van der Waals surface area contributed by atoms with Crippen LogP contribution in [0.1, 0.15) is 18.5 Å². The normalized spacial score (nSPS) is 16.5. The number of nitrogens with zero attached hydrogens (tertiary/aromatic N) is 2. The molecule has 1 heterocycles. The molecule has 0 spiro atoms. The Kier molecular flexibility index (Phi) is 5.26. The van der Waals surface area contributed by atoms with Gasteiger partial charge in [-0.2, -0.15) is 0 Å². The van der Waals surface area contributed by atoms with E-state index in [-0.39, 0.29) is 16.9 Å². The van der Waals surface area contributed by atoms with Gasteiger partial charge in [0.15, 0.2) is 11.6 Å². The number of hydrogen-bond acceptors (Lipinski definition) is 4. The highest BCUT2D eigenvalue weighted by atomic mass is 19.2. The van der Waals surface area contributed by atoms with Gasteiger partial charge < -0.3 is 15.5 Å². The number of nitro benzene ring substituents is 1. The third kappa shape index (κ3) is 3.91. The molecule has 3 amide bonds. The molecule has 0 aliphatic carbocycles. The van der Waals surface area contributed by atoms with Crippen molar-refractivity contribution in [1.82, 2.24) is 10.2 Å². The smallest absolute Gasteiger partial charge is 0.322 e. The van der Waals surface area contributed by atoms with Gasteiger partial charge in [-0.15, -0.1) is 0 Å². The molecule has 1 aliphatic heterocycles. The SMILES string of the molecule is CC1=C(C(=O)Nc2ccc(F)c(F)c2)[C@@H](c2cccc([N+](=O)[O-])c2)NC(=O)N1C. The van der Waals surface area contributed by atoms with Gasteiger partial charge >= 0.3 is 6.03 Å². The lowest BCUT2D eigenvalue weighted by atomic mass is 9.94. The number of allylic oxidation sites excluding steroid dienone is 1. The molecule has 0 aromatic heterocycles. The Labute approximate surface area is 164 Å². The van der Waals surface area contributed by atoms with Crippen LogP contribution in [0.4, 0.5) is 25.0 Å². The number of halogens is 2. The predicted molar refractivity (Wildman–Crippen MR) is 99.8 cm³/mol. The minimum atomic E-state index is -1.13. The summed E-state index contributed by atoms with van der Waals surface area (Å²) in [7, 11) is 1.46. The first-order valence-corrected chi connectivity index (χ1v) is 8.44. The molecule has 2 aromatic rings. The van der Waals surface area contributed by atoms with Crippen LogP contribution in [-0.4, -0.2) is 28.8 Å². The Hall–Kier alpha value is -3.82. The van der Waals surface area contributed by atoms with Crippen molar-refractivity contribution in [3.63, 3.8) is 0 Å². The molecule has 150 valence electrons. The maximum atomic E-state index is 13.5. The number of rotatable bonds is 4. The minimum Gasteiger partial charge on any atom is -0.327 e. The lowest BCUT2D eigenvalue weighted by Gasteiger charge is -2.33. The molecule has 0 fully saturated rings. The molecule has 8 nitrogen and oxygen atoms in total. The zero-order valence-corrected chi connectivity index (χ0v) is 15.4. The van der Waals surface area contributed by atoms with E-state index in [1.165, 1.54) is 36.2 Å². The molecule has 0 radical (unpaired) electrons. The maximum absolute atomic E-state index is 13.5. The van der Waals surface area contributed by atoms with Crippen molar-refractivity contribution in [3.8, 4) is 0 Å². The van der Waals surface area contributed by atoms with Crippen LogP contribution in [0.3, 0.4) is 0 Å². The molecular weight excluding hydrogens is 386 g/mol. The molecular formula is C19H16F2N4O4. The van der Waals surface area contributed by atoms with E-state index in [9.17, 15) is 28.5 Å². The largest absolute Gasteiger partial charge is 0.327 e. The van der Waals surface area contributed by atoms with Crippen LogP contribution in [0.15, 0.2) is 53.7 Å². The second-order valence-electron chi connectivity index (χ2n) is 6.38. The van der Waals surface area contributed by atoms with E-state index in [1.54, 1.807) is 13.0 Å². The van der Waals surface area contributed by atoms with E-state index in [0.29, 0.717) is 11.3 Å². The first-order chi connectivity index (χ1) is 13.7. The predicted octanol–water partition coefficient (Wildman–Crippen LogP) is 3.48. The summed E-state index contributed by atoms with van der Waals surface area (Å²) in [6.45, 7) is 1.54. The molecule has 2 aromatic carbocycles. The monoisotopic (exact) mass is 402 g/mol. The number of carbonyl (C=O) groups excluding carboxylic acids is 2. The van der Waals surface area contributed by atoms with Gasteiger partial charge in [0.1, 0.15) is 0 Å². The molecule has 29 heavy (non-hydrogen) atoms. The second-order valence-corrected chi connectivity index (χ2v) is 6.38. The van der Waals surface area contributed by atoms with Gasteiger partial charge in [0.05, 0.1) is 16.5 Å². The number of hydrogen-bond donors (Lipinski definition) is 2. The second kappa shape index (κ2) is 7.66. The molecule has 0 bridgehead atoms. The van der Waals surface area contributed by atoms with E-state index in [2.05, 4.69) is 10.6 Å². The average molecular weight is 402 g/mol. The van der Waals surface area contributed by atoms with Crippen molar-refractivity contribution >= 4 is 23.3 Å². The number of nitro groups is 1. The van der Waals surface area contributed by atoms with Crippen molar-refractivity contribution < 1.29 is 23.3 Å². The van der Waals surface area contributed by atoms with Gasteiger partial charge in [-0.1, -0.05) is 12.1 Å². The van der Waals surface area contributed by atoms with Gasteiger partial charge in [0.25, 0.3) is 11.6 Å². The van der Waals surface area contributed by atoms with Gasteiger partial charge in [-0.05, 0) is 24.6 Å². The molecule has 0 saturated carbocycles. The summed E-state index contributed by atoms with van der Waals surface area (Å²) in [5, 5.41) is 16.2. The molecule has 10 heteroatoms. The van der Waals surface area contributed by atoms with Crippen LogP contribution in [-0.2, 0) is 4.79 Å². The Bertz CT molecular complexity index is 1050. The summed E-state index contributed by atoms with van der Waals surface area (Å²) in [6, 6.07) is 6.97. The number of amides is 3. The lowest BCUT2D eigenvalue weighted by Crippen LogP contribution is -2.46. The van der Waals surface area contributed by atoms with Crippen LogP contribution in [0, 0.1) is 21.7 Å². The highest BCUT2D eigenvalue weighted by molar-refractivity contribution is 6.06. The highest BCUT2D eigenvalue weighted by Gasteiger charge is 2.34. The van der Waals surface area contributed by atoms with Crippen LogP contribution in [0.2, 0.25) is 0 Å². The number of nitrogens with one attached hydrogen (secondary N) is 2. The third-order valence-corrected chi connectivity index (χ3v) is 4.59. The summed E-state index contributed by atoms with van der Waals surface area (Å²) in [6.07, 6.45) is 0. The molecule has 0 unspecified atom stereocenters. The number of anilines is 1. The summed E-state index contributed by atoms with van der Waals surface area (Å²) in [5.41, 5.74) is 0.568. The van der Waals surface area contributed by atoms with Crippen molar-refractivity contribution in [3.05, 3.63) is 81.0 Å². The fourth-order valence-corrected chi connectivity index (χ4v) is 2.97. The van der Waals surface area contributed by atoms with Gasteiger partial charge in [0.2, 0.25) is 0 Å². The molecule has 2 N–H and O–H groups in total. The summed E-state index contributed by atoms with van der Waals surface area (Å²) in [4.78, 5) is 36.9. The van der Waals surface area contributed by atoms with Crippen molar-refractivity contribution in [1.29, 1.82) is 0 Å². The zero-order valence-electron chi connectivity index (χ0n) is 15.4. The Morgan fingerprint density at radius 1 is 1.21 bits per heavy atom. The van der Waals surface area contributed by atoms with E-state index in [0.717, 1.165) is 12.1 Å². The van der Waals surface area contributed by atoms with Crippen LogP contribution < -0.4 is 10.6 Å². The summed E-state index contributed by atoms with van der Waals surface area (Å²) >= 11 is 0. The van der Waals surface area contributed by atoms with E-state index in [1.807, 2.05) is 0 Å². The van der Waals surface area contributed by atoms with Gasteiger partial charge in [-0.3, -0.25) is 14.9 Å². The summed E-state index contributed by atoms with van der Waals surface area (Å²) in [5.74, 6) is -2.85. The Balaban J connectivity index is 2.02. The number of benzene rings is 2. The molecule has 1 atom stereocenters. The van der Waals surface area contributed by atoms with Gasteiger partial charge in [-0.25, -0.2) is 13.6 Å². The maximum Gasteiger partial charge on any atom is 0.322 e. The minimum absolute atomic E-state index is 0.0199. The van der Waals surface area contributed by atoms with Crippen LogP contribution >= 0.6 is 0 Å². The fraction of sp³-hybridized carbons (Fsp3) is 0.158. The average Bonchev–Trinajstić information content (AvgIpc) is 2.68. The Morgan fingerprint density at radius 2 is 1.93 bits per heavy atom.